The summed E-state index contributed by atoms with van der Waals surface area (Å²) in [5, 5.41) is 6.60. The van der Waals surface area contributed by atoms with Crippen LogP contribution in [-0.2, 0) is 13.6 Å². The van der Waals surface area contributed by atoms with Crippen molar-refractivity contribution in [1.82, 2.24) is 19.5 Å². The normalized spacial score (nSPS) is 10.8. The number of hydrogen-bond donors (Lipinski definition) is 2. The zero-order valence-corrected chi connectivity index (χ0v) is 14.8. The van der Waals surface area contributed by atoms with Crippen LogP contribution in [0.15, 0.2) is 60.8 Å². The van der Waals surface area contributed by atoms with E-state index in [0.717, 1.165) is 22.4 Å². The first-order chi connectivity index (χ1) is 12.7. The summed E-state index contributed by atoms with van der Waals surface area (Å²) < 4.78 is 2.00. The molecule has 0 spiro atoms. The monoisotopic (exact) mass is 344 g/mol. The van der Waals surface area contributed by atoms with Crippen molar-refractivity contribution in [3.05, 3.63) is 71.9 Å². The molecule has 0 fully saturated rings. The van der Waals surface area contributed by atoms with E-state index >= 15 is 0 Å². The number of rotatable bonds is 5. The topological polar surface area (TPSA) is 67.7 Å². The van der Waals surface area contributed by atoms with Crippen molar-refractivity contribution in [2.75, 3.05) is 10.6 Å². The quantitative estimate of drug-likeness (QED) is 0.572. The standard InChI is InChI=1S/C20H20N6/c1-14-12-22-19(24-18(14)21-13-15-8-4-3-5-9-15)25-20-23-16-10-6-7-11-17(16)26(20)2/h3-12H,13H2,1-2H3,(H2,21,22,23,24,25). The largest absolute Gasteiger partial charge is 0.366 e. The van der Waals surface area contributed by atoms with Crippen molar-refractivity contribution in [2.45, 2.75) is 13.5 Å². The van der Waals surface area contributed by atoms with E-state index in [4.69, 9.17) is 0 Å². The first kappa shape index (κ1) is 16.1. The van der Waals surface area contributed by atoms with E-state index in [2.05, 4.69) is 37.7 Å². The Labute approximate surface area is 151 Å². The van der Waals surface area contributed by atoms with Crippen molar-refractivity contribution in [3.63, 3.8) is 0 Å². The van der Waals surface area contributed by atoms with Crippen LogP contribution in [0.3, 0.4) is 0 Å². The number of anilines is 3. The lowest BCUT2D eigenvalue weighted by molar-refractivity contribution is 0.948. The van der Waals surface area contributed by atoms with Gasteiger partial charge in [0, 0.05) is 25.4 Å². The second-order valence-corrected chi connectivity index (χ2v) is 6.17. The summed E-state index contributed by atoms with van der Waals surface area (Å²) in [4.78, 5) is 13.6. The summed E-state index contributed by atoms with van der Waals surface area (Å²) in [5.41, 5.74) is 4.20. The first-order valence-electron chi connectivity index (χ1n) is 8.50. The summed E-state index contributed by atoms with van der Waals surface area (Å²) in [5.74, 6) is 2.04. The van der Waals surface area contributed by atoms with Crippen LogP contribution in [0, 0.1) is 6.92 Å². The van der Waals surface area contributed by atoms with Gasteiger partial charge in [-0.2, -0.15) is 4.98 Å². The molecule has 0 amide bonds. The zero-order chi connectivity index (χ0) is 17.9. The summed E-state index contributed by atoms with van der Waals surface area (Å²) >= 11 is 0. The number of aromatic nitrogens is 4. The molecule has 0 saturated heterocycles. The van der Waals surface area contributed by atoms with Gasteiger partial charge in [0.25, 0.3) is 0 Å². The van der Waals surface area contributed by atoms with Crippen LogP contribution >= 0.6 is 0 Å². The van der Waals surface area contributed by atoms with Gasteiger partial charge in [0.1, 0.15) is 5.82 Å². The van der Waals surface area contributed by atoms with Crippen molar-refractivity contribution in [2.24, 2.45) is 7.05 Å². The third-order valence-corrected chi connectivity index (χ3v) is 4.29. The zero-order valence-electron chi connectivity index (χ0n) is 14.8. The number of fused-ring (bicyclic) bond motifs is 1. The highest BCUT2D eigenvalue weighted by atomic mass is 15.3. The van der Waals surface area contributed by atoms with E-state index in [0.29, 0.717) is 18.4 Å². The van der Waals surface area contributed by atoms with Crippen LogP contribution < -0.4 is 10.6 Å². The van der Waals surface area contributed by atoms with Crippen LogP contribution in [-0.4, -0.2) is 19.5 Å². The van der Waals surface area contributed by atoms with Gasteiger partial charge in [-0.1, -0.05) is 42.5 Å². The molecule has 6 nitrogen and oxygen atoms in total. The average Bonchev–Trinajstić information content (AvgIpc) is 2.99. The van der Waals surface area contributed by atoms with Gasteiger partial charge in [-0.15, -0.1) is 0 Å². The van der Waals surface area contributed by atoms with Crippen LogP contribution in [0.2, 0.25) is 0 Å². The molecule has 0 aliphatic carbocycles. The highest BCUT2D eigenvalue weighted by molar-refractivity contribution is 5.79. The highest BCUT2D eigenvalue weighted by Crippen LogP contribution is 2.21. The molecule has 6 heteroatoms. The Bertz CT molecular complexity index is 1040. The molecule has 26 heavy (non-hydrogen) atoms. The van der Waals surface area contributed by atoms with Gasteiger partial charge in [-0.05, 0) is 24.6 Å². The van der Waals surface area contributed by atoms with E-state index in [1.165, 1.54) is 5.56 Å². The van der Waals surface area contributed by atoms with Crippen molar-refractivity contribution >= 4 is 28.7 Å². The maximum atomic E-state index is 4.61. The van der Waals surface area contributed by atoms with E-state index in [9.17, 15) is 0 Å². The fourth-order valence-corrected chi connectivity index (χ4v) is 2.82. The summed E-state index contributed by atoms with van der Waals surface area (Å²) in [6, 6.07) is 18.3. The molecule has 0 aliphatic rings. The Morgan fingerprint density at radius 3 is 2.54 bits per heavy atom. The second-order valence-electron chi connectivity index (χ2n) is 6.17. The molecule has 2 aromatic heterocycles. The van der Waals surface area contributed by atoms with Gasteiger partial charge in [-0.3, -0.25) is 5.32 Å². The van der Waals surface area contributed by atoms with Crippen molar-refractivity contribution in [1.29, 1.82) is 0 Å². The molecule has 4 rings (SSSR count). The number of nitrogens with one attached hydrogen (secondary N) is 2. The lowest BCUT2D eigenvalue weighted by Crippen LogP contribution is -2.08. The van der Waals surface area contributed by atoms with Gasteiger partial charge in [0.15, 0.2) is 0 Å². The Morgan fingerprint density at radius 1 is 0.962 bits per heavy atom. The third-order valence-electron chi connectivity index (χ3n) is 4.29. The van der Waals surface area contributed by atoms with E-state index in [1.54, 1.807) is 0 Å². The van der Waals surface area contributed by atoms with Gasteiger partial charge in [0.05, 0.1) is 11.0 Å². The minimum atomic E-state index is 0.518. The number of nitrogens with zero attached hydrogens (tertiary/aromatic N) is 4. The maximum absolute atomic E-state index is 4.61. The van der Waals surface area contributed by atoms with Gasteiger partial charge in [0.2, 0.25) is 11.9 Å². The SMILES string of the molecule is Cc1cnc(Nc2nc3ccccc3n2C)nc1NCc1ccccc1. The molecule has 2 N–H and O–H groups in total. The average molecular weight is 344 g/mol. The van der Waals surface area contributed by atoms with Gasteiger partial charge >= 0.3 is 0 Å². The predicted octanol–water partition coefficient (Wildman–Crippen LogP) is 4.03. The molecule has 0 saturated carbocycles. The Hall–Kier alpha value is -3.41. The molecule has 0 unspecified atom stereocenters. The van der Waals surface area contributed by atoms with E-state index in [-0.39, 0.29) is 0 Å². The molecule has 0 radical (unpaired) electrons. The minimum absolute atomic E-state index is 0.518. The third kappa shape index (κ3) is 3.21. The Balaban J connectivity index is 1.56. The number of benzene rings is 2. The van der Waals surface area contributed by atoms with Crippen LogP contribution in [0.4, 0.5) is 17.7 Å². The van der Waals surface area contributed by atoms with Crippen LogP contribution in [0.1, 0.15) is 11.1 Å². The first-order valence-corrected chi connectivity index (χ1v) is 8.50. The number of aryl methyl sites for hydroxylation is 2. The Kier molecular flexibility index (Phi) is 4.23. The molecule has 130 valence electrons. The highest BCUT2D eigenvalue weighted by Gasteiger charge is 2.10. The lowest BCUT2D eigenvalue weighted by atomic mass is 10.2. The summed E-state index contributed by atoms with van der Waals surface area (Å²) in [6.45, 7) is 2.70. The summed E-state index contributed by atoms with van der Waals surface area (Å²) in [6.07, 6.45) is 1.81. The van der Waals surface area contributed by atoms with Gasteiger partial charge in [-0.25, -0.2) is 9.97 Å². The fourth-order valence-electron chi connectivity index (χ4n) is 2.82. The lowest BCUT2D eigenvalue weighted by Gasteiger charge is -2.11. The van der Waals surface area contributed by atoms with Gasteiger partial charge < -0.3 is 9.88 Å². The van der Waals surface area contributed by atoms with E-state index < -0.39 is 0 Å². The van der Waals surface area contributed by atoms with E-state index in [1.807, 2.05) is 67.2 Å². The van der Waals surface area contributed by atoms with Crippen molar-refractivity contribution < 1.29 is 0 Å². The number of para-hydroxylation sites is 2. The molecule has 0 aliphatic heterocycles. The molecule has 0 atom stereocenters. The molecule has 0 bridgehead atoms. The maximum Gasteiger partial charge on any atom is 0.231 e. The van der Waals surface area contributed by atoms with Crippen molar-refractivity contribution in [3.8, 4) is 0 Å². The Morgan fingerprint density at radius 2 is 1.73 bits per heavy atom. The molecule has 2 aromatic carbocycles. The molecule has 4 aromatic rings. The second kappa shape index (κ2) is 6.84. The molecular formula is C20H20N6. The summed E-state index contributed by atoms with van der Waals surface area (Å²) in [7, 11) is 1.97. The van der Waals surface area contributed by atoms with Crippen LogP contribution in [0.25, 0.3) is 11.0 Å². The number of hydrogen-bond acceptors (Lipinski definition) is 5. The molecule has 2 heterocycles. The molecular weight excluding hydrogens is 324 g/mol. The predicted molar refractivity (Wildman–Crippen MR) is 105 cm³/mol. The fraction of sp³-hybridized carbons (Fsp3) is 0.150. The number of imidazole rings is 1. The van der Waals surface area contributed by atoms with Crippen LogP contribution in [0.5, 0.6) is 0 Å². The minimum Gasteiger partial charge on any atom is -0.366 e. The smallest absolute Gasteiger partial charge is 0.231 e.